The standard InChI is InChI=1S/C21H18N4O/c1-15(20-24-23-19-9-5-6-14-25(19)20)22-21(26)18-12-10-17(11-13-18)16-7-3-2-4-8-16/h2-15H,1H3,(H,22,26)/t15-/m0/s1. The molecule has 1 N–H and O–H groups in total. The minimum Gasteiger partial charge on any atom is -0.342 e. The average Bonchev–Trinajstić information content (AvgIpc) is 3.13. The van der Waals surface area contributed by atoms with Crippen LogP contribution in [0, 0.1) is 0 Å². The van der Waals surface area contributed by atoms with Gasteiger partial charge in [0.15, 0.2) is 11.5 Å². The van der Waals surface area contributed by atoms with Crippen LogP contribution in [0.25, 0.3) is 16.8 Å². The number of rotatable bonds is 4. The summed E-state index contributed by atoms with van der Waals surface area (Å²) in [7, 11) is 0. The van der Waals surface area contributed by atoms with Crippen molar-refractivity contribution in [2.45, 2.75) is 13.0 Å². The van der Waals surface area contributed by atoms with Gasteiger partial charge in [-0.1, -0.05) is 48.5 Å². The number of carbonyl (C=O) groups excluding carboxylic acids is 1. The highest BCUT2D eigenvalue weighted by molar-refractivity contribution is 5.94. The highest BCUT2D eigenvalue weighted by Crippen LogP contribution is 2.20. The first-order valence-electron chi connectivity index (χ1n) is 8.48. The van der Waals surface area contributed by atoms with Crippen molar-refractivity contribution >= 4 is 11.6 Å². The van der Waals surface area contributed by atoms with Gasteiger partial charge >= 0.3 is 0 Å². The van der Waals surface area contributed by atoms with E-state index in [0.717, 1.165) is 16.8 Å². The SMILES string of the molecule is C[C@H](NC(=O)c1ccc(-c2ccccc2)cc1)c1nnc2ccccn12. The van der Waals surface area contributed by atoms with Gasteiger partial charge in [-0.05, 0) is 42.3 Å². The topological polar surface area (TPSA) is 59.3 Å². The molecule has 26 heavy (non-hydrogen) atoms. The van der Waals surface area contributed by atoms with E-state index in [4.69, 9.17) is 0 Å². The van der Waals surface area contributed by atoms with E-state index < -0.39 is 0 Å². The monoisotopic (exact) mass is 342 g/mol. The summed E-state index contributed by atoms with van der Waals surface area (Å²) >= 11 is 0. The molecule has 0 aliphatic carbocycles. The van der Waals surface area contributed by atoms with Crippen molar-refractivity contribution < 1.29 is 4.79 Å². The third-order valence-electron chi connectivity index (χ3n) is 4.33. The van der Waals surface area contributed by atoms with Crippen molar-refractivity contribution in [1.82, 2.24) is 19.9 Å². The van der Waals surface area contributed by atoms with E-state index in [0.29, 0.717) is 11.4 Å². The van der Waals surface area contributed by atoms with Crippen molar-refractivity contribution in [1.29, 1.82) is 0 Å². The predicted molar refractivity (Wildman–Crippen MR) is 101 cm³/mol. The Labute approximate surface area is 151 Å². The van der Waals surface area contributed by atoms with Crippen molar-refractivity contribution in [3.63, 3.8) is 0 Å². The molecule has 0 saturated carbocycles. The minimum atomic E-state index is -0.256. The van der Waals surface area contributed by atoms with Gasteiger partial charge in [0.1, 0.15) is 0 Å². The van der Waals surface area contributed by atoms with E-state index in [-0.39, 0.29) is 11.9 Å². The van der Waals surface area contributed by atoms with Crippen LogP contribution in [-0.2, 0) is 0 Å². The van der Waals surface area contributed by atoms with Gasteiger partial charge in [-0.15, -0.1) is 10.2 Å². The van der Waals surface area contributed by atoms with Gasteiger partial charge in [0, 0.05) is 11.8 Å². The zero-order valence-electron chi connectivity index (χ0n) is 14.3. The van der Waals surface area contributed by atoms with Gasteiger partial charge in [-0.2, -0.15) is 0 Å². The molecule has 0 spiro atoms. The summed E-state index contributed by atoms with van der Waals surface area (Å²) in [5.41, 5.74) is 3.59. The molecule has 5 heteroatoms. The first-order chi connectivity index (χ1) is 12.7. The fourth-order valence-corrected chi connectivity index (χ4v) is 2.94. The van der Waals surface area contributed by atoms with Crippen LogP contribution in [0.15, 0.2) is 79.0 Å². The molecule has 2 aromatic heterocycles. The maximum absolute atomic E-state index is 12.6. The number of carbonyl (C=O) groups is 1. The summed E-state index contributed by atoms with van der Waals surface area (Å²) in [4.78, 5) is 12.6. The second-order valence-electron chi connectivity index (χ2n) is 6.13. The molecular weight excluding hydrogens is 324 g/mol. The lowest BCUT2D eigenvalue weighted by Gasteiger charge is -2.12. The van der Waals surface area contributed by atoms with Crippen LogP contribution in [0.4, 0.5) is 0 Å². The van der Waals surface area contributed by atoms with Crippen LogP contribution in [0.1, 0.15) is 29.1 Å². The van der Waals surface area contributed by atoms with Gasteiger partial charge in [0.25, 0.3) is 5.91 Å². The molecule has 0 saturated heterocycles. The molecular formula is C21H18N4O. The van der Waals surface area contributed by atoms with E-state index in [1.165, 1.54) is 0 Å². The molecule has 1 atom stereocenters. The molecule has 128 valence electrons. The van der Waals surface area contributed by atoms with E-state index in [1.54, 1.807) is 0 Å². The predicted octanol–water partition coefficient (Wildman–Crippen LogP) is 3.89. The quantitative estimate of drug-likeness (QED) is 0.612. The summed E-state index contributed by atoms with van der Waals surface area (Å²) in [6.07, 6.45) is 1.89. The van der Waals surface area contributed by atoms with Gasteiger partial charge in [-0.3, -0.25) is 9.20 Å². The Bertz CT molecular complexity index is 1040. The lowest BCUT2D eigenvalue weighted by molar-refractivity contribution is 0.0938. The molecule has 1 amide bonds. The zero-order chi connectivity index (χ0) is 17.9. The molecule has 0 unspecified atom stereocenters. The van der Waals surface area contributed by atoms with Crippen LogP contribution in [0.3, 0.4) is 0 Å². The molecule has 4 rings (SSSR count). The lowest BCUT2D eigenvalue weighted by Crippen LogP contribution is -2.27. The normalized spacial score (nSPS) is 12.0. The summed E-state index contributed by atoms with van der Waals surface area (Å²) < 4.78 is 1.88. The molecule has 4 aromatic rings. The maximum atomic E-state index is 12.6. The molecule has 5 nitrogen and oxygen atoms in total. The fourth-order valence-electron chi connectivity index (χ4n) is 2.94. The third kappa shape index (κ3) is 3.07. The molecule has 0 radical (unpaired) electrons. The van der Waals surface area contributed by atoms with Crippen molar-refractivity contribution in [2.75, 3.05) is 0 Å². The number of aromatic nitrogens is 3. The maximum Gasteiger partial charge on any atom is 0.251 e. The molecule has 0 fully saturated rings. The van der Waals surface area contributed by atoms with Crippen LogP contribution in [0.2, 0.25) is 0 Å². The van der Waals surface area contributed by atoms with E-state index in [2.05, 4.69) is 15.5 Å². The number of hydrogen-bond donors (Lipinski definition) is 1. The van der Waals surface area contributed by atoms with Crippen LogP contribution in [-0.4, -0.2) is 20.5 Å². The summed E-state index contributed by atoms with van der Waals surface area (Å²) in [5.74, 6) is 0.569. The van der Waals surface area contributed by atoms with Crippen LogP contribution in [0.5, 0.6) is 0 Å². The highest BCUT2D eigenvalue weighted by atomic mass is 16.1. The summed E-state index contributed by atoms with van der Waals surface area (Å²) in [5, 5.41) is 11.3. The number of pyridine rings is 1. The van der Waals surface area contributed by atoms with Gasteiger partial charge in [-0.25, -0.2) is 0 Å². The Balaban J connectivity index is 1.51. The lowest BCUT2D eigenvalue weighted by atomic mass is 10.0. The Morgan fingerprint density at radius 1 is 0.885 bits per heavy atom. The highest BCUT2D eigenvalue weighted by Gasteiger charge is 2.16. The molecule has 2 heterocycles. The molecule has 2 aromatic carbocycles. The first-order valence-corrected chi connectivity index (χ1v) is 8.48. The summed E-state index contributed by atoms with van der Waals surface area (Å²) in [6.45, 7) is 1.90. The van der Waals surface area contributed by atoms with E-state index in [9.17, 15) is 4.79 Å². The smallest absolute Gasteiger partial charge is 0.251 e. The third-order valence-corrected chi connectivity index (χ3v) is 4.33. The van der Waals surface area contributed by atoms with Crippen molar-refractivity contribution in [3.8, 4) is 11.1 Å². The second-order valence-corrected chi connectivity index (χ2v) is 6.13. The van der Waals surface area contributed by atoms with Crippen LogP contribution >= 0.6 is 0 Å². The minimum absolute atomic E-state index is 0.134. The van der Waals surface area contributed by atoms with E-state index >= 15 is 0 Å². The average molecular weight is 342 g/mol. The van der Waals surface area contributed by atoms with Gasteiger partial charge in [0.2, 0.25) is 0 Å². The number of hydrogen-bond acceptors (Lipinski definition) is 3. The largest absolute Gasteiger partial charge is 0.342 e. The van der Waals surface area contributed by atoms with E-state index in [1.807, 2.05) is 90.3 Å². The van der Waals surface area contributed by atoms with Crippen molar-refractivity contribution in [2.24, 2.45) is 0 Å². The number of amides is 1. The zero-order valence-corrected chi connectivity index (χ0v) is 14.3. The number of nitrogens with zero attached hydrogens (tertiary/aromatic N) is 3. The van der Waals surface area contributed by atoms with Crippen molar-refractivity contribution in [3.05, 3.63) is 90.4 Å². The number of fused-ring (bicyclic) bond motifs is 1. The Morgan fingerprint density at radius 3 is 2.35 bits per heavy atom. The Morgan fingerprint density at radius 2 is 1.58 bits per heavy atom. The fraction of sp³-hybridized carbons (Fsp3) is 0.0952. The van der Waals surface area contributed by atoms with Gasteiger partial charge < -0.3 is 5.32 Å². The molecule has 0 aliphatic heterocycles. The first kappa shape index (κ1) is 16.0. The Hall–Kier alpha value is -3.47. The Kier molecular flexibility index (Phi) is 4.19. The number of benzene rings is 2. The van der Waals surface area contributed by atoms with Crippen LogP contribution < -0.4 is 5.32 Å². The number of nitrogens with one attached hydrogen (secondary N) is 1. The summed E-state index contributed by atoms with van der Waals surface area (Å²) in [6, 6.07) is 23.1. The molecule has 0 aliphatic rings. The second kappa shape index (κ2) is 6.80. The van der Waals surface area contributed by atoms with Gasteiger partial charge in [0.05, 0.1) is 6.04 Å². The molecule has 0 bridgehead atoms.